The van der Waals surface area contributed by atoms with Gasteiger partial charge in [-0.2, -0.15) is 0 Å². The van der Waals surface area contributed by atoms with Gasteiger partial charge in [-0.05, 0) is 35.4 Å². The molecule has 6 nitrogen and oxygen atoms in total. The molecule has 0 radical (unpaired) electrons. The Morgan fingerprint density at radius 2 is 1.76 bits per heavy atom. The lowest BCUT2D eigenvalue weighted by molar-refractivity contribution is 0.106. The molecule has 0 aliphatic heterocycles. The largest absolute Gasteiger partial charge is 0.504 e. The van der Waals surface area contributed by atoms with Gasteiger partial charge in [-0.25, -0.2) is 0 Å². The zero-order chi connectivity index (χ0) is 18.2. The van der Waals surface area contributed by atoms with Crippen molar-refractivity contribution in [1.82, 2.24) is 0 Å². The zero-order valence-corrected chi connectivity index (χ0v) is 14.2. The normalized spacial score (nSPS) is 12.2. The Morgan fingerprint density at radius 1 is 1.00 bits per heavy atom. The quantitative estimate of drug-likeness (QED) is 0.681. The number of methoxy groups -OCH3 is 2. The zero-order valence-electron chi connectivity index (χ0n) is 14.2. The van der Waals surface area contributed by atoms with Crippen LogP contribution in [-0.2, 0) is 0 Å². The SMILES string of the molecule is COc1cc(C(O)COc2ccc(/C=C/CO)cc2OC)ccc1O. The summed E-state index contributed by atoms with van der Waals surface area (Å²) in [6.07, 6.45) is 2.49. The lowest BCUT2D eigenvalue weighted by Gasteiger charge is -2.16. The van der Waals surface area contributed by atoms with E-state index >= 15 is 0 Å². The van der Waals surface area contributed by atoms with E-state index in [-0.39, 0.29) is 24.7 Å². The highest BCUT2D eigenvalue weighted by molar-refractivity contribution is 5.56. The first-order valence-corrected chi connectivity index (χ1v) is 7.72. The van der Waals surface area contributed by atoms with Gasteiger partial charge in [0.1, 0.15) is 12.7 Å². The molecule has 0 bridgehead atoms. The molecule has 3 N–H and O–H groups in total. The molecule has 25 heavy (non-hydrogen) atoms. The number of hydrogen-bond acceptors (Lipinski definition) is 6. The first kappa shape index (κ1) is 18.6. The van der Waals surface area contributed by atoms with Crippen molar-refractivity contribution in [3.05, 3.63) is 53.6 Å². The summed E-state index contributed by atoms with van der Waals surface area (Å²) in [6.45, 7) is -0.0288. The van der Waals surface area contributed by atoms with Crippen molar-refractivity contribution < 1.29 is 29.5 Å². The van der Waals surface area contributed by atoms with Crippen LogP contribution in [0.2, 0.25) is 0 Å². The number of aliphatic hydroxyl groups is 2. The number of rotatable bonds is 8. The van der Waals surface area contributed by atoms with Crippen molar-refractivity contribution in [1.29, 1.82) is 0 Å². The van der Waals surface area contributed by atoms with Gasteiger partial charge in [-0.15, -0.1) is 0 Å². The maximum atomic E-state index is 10.3. The summed E-state index contributed by atoms with van der Waals surface area (Å²) in [6, 6.07) is 9.95. The van der Waals surface area contributed by atoms with Crippen molar-refractivity contribution in [2.75, 3.05) is 27.4 Å². The third-order valence-corrected chi connectivity index (χ3v) is 3.59. The molecule has 0 fully saturated rings. The Labute approximate surface area is 146 Å². The summed E-state index contributed by atoms with van der Waals surface area (Å²) in [5.41, 5.74) is 1.43. The molecular weight excluding hydrogens is 324 g/mol. The summed E-state index contributed by atoms with van der Waals surface area (Å²) in [5, 5.41) is 28.7. The first-order valence-electron chi connectivity index (χ1n) is 7.72. The summed E-state index contributed by atoms with van der Waals surface area (Å²) >= 11 is 0. The number of aromatic hydroxyl groups is 1. The monoisotopic (exact) mass is 346 g/mol. The highest BCUT2D eigenvalue weighted by Crippen LogP contribution is 2.31. The van der Waals surface area contributed by atoms with Crippen LogP contribution in [0.5, 0.6) is 23.0 Å². The van der Waals surface area contributed by atoms with Crippen molar-refractivity contribution in [2.24, 2.45) is 0 Å². The Bertz CT molecular complexity index is 726. The Hall–Kier alpha value is -2.70. The third-order valence-electron chi connectivity index (χ3n) is 3.59. The van der Waals surface area contributed by atoms with E-state index in [9.17, 15) is 10.2 Å². The number of benzene rings is 2. The van der Waals surface area contributed by atoms with Crippen LogP contribution in [0.25, 0.3) is 6.08 Å². The Kier molecular flexibility index (Phi) is 6.68. The molecule has 0 aliphatic rings. The van der Waals surface area contributed by atoms with Gasteiger partial charge in [0, 0.05) is 0 Å². The van der Waals surface area contributed by atoms with E-state index in [1.165, 1.54) is 20.3 Å². The maximum absolute atomic E-state index is 10.3. The van der Waals surface area contributed by atoms with E-state index in [0.29, 0.717) is 17.1 Å². The molecule has 1 unspecified atom stereocenters. The maximum Gasteiger partial charge on any atom is 0.161 e. The van der Waals surface area contributed by atoms with Crippen LogP contribution in [0.3, 0.4) is 0 Å². The van der Waals surface area contributed by atoms with Gasteiger partial charge in [-0.3, -0.25) is 0 Å². The summed E-state index contributed by atoms with van der Waals surface area (Å²) in [4.78, 5) is 0. The van der Waals surface area contributed by atoms with Crippen molar-refractivity contribution in [3.8, 4) is 23.0 Å². The predicted molar refractivity (Wildman–Crippen MR) is 94.2 cm³/mol. The van der Waals surface area contributed by atoms with Crippen LogP contribution in [0.4, 0.5) is 0 Å². The molecule has 0 saturated carbocycles. The second-order valence-electron chi connectivity index (χ2n) is 5.25. The number of hydrogen-bond donors (Lipinski definition) is 3. The minimum absolute atomic E-state index is 0.00700. The Morgan fingerprint density at radius 3 is 2.44 bits per heavy atom. The fourth-order valence-corrected chi connectivity index (χ4v) is 2.26. The minimum atomic E-state index is -0.895. The molecule has 2 aromatic carbocycles. The minimum Gasteiger partial charge on any atom is -0.504 e. The smallest absolute Gasteiger partial charge is 0.161 e. The fraction of sp³-hybridized carbons (Fsp3) is 0.263. The molecule has 2 aromatic rings. The highest BCUT2D eigenvalue weighted by atomic mass is 16.5. The molecular formula is C19H22O6. The van der Waals surface area contributed by atoms with Crippen LogP contribution < -0.4 is 14.2 Å². The number of aliphatic hydroxyl groups excluding tert-OH is 2. The highest BCUT2D eigenvalue weighted by Gasteiger charge is 2.13. The fourth-order valence-electron chi connectivity index (χ4n) is 2.26. The van der Waals surface area contributed by atoms with Crippen LogP contribution in [0.1, 0.15) is 17.2 Å². The lowest BCUT2D eigenvalue weighted by Crippen LogP contribution is -2.10. The Balaban J connectivity index is 2.08. The van der Waals surface area contributed by atoms with Crippen LogP contribution in [-0.4, -0.2) is 42.8 Å². The predicted octanol–water partition coefficient (Wildman–Crippen LogP) is 2.53. The van der Waals surface area contributed by atoms with Gasteiger partial charge in [0.2, 0.25) is 0 Å². The van der Waals surface area contributed by atoms with Gasteiger partial charge < -0.3 is 29.5 Å². The first-order chi connectivity index (χ1) is 12.1. The van der Waals surface area contributed by atoms with E-state index < -0.39 is 6.10 Å². The van der Waals surface area contributed by atoms with Gasteiger partial charge in [0.15, 0.2) is 23.0 Å². The van der Waals surface area contributed by atoms with E-state index in [1.807, 2.05) is 6.07 Å². The summed E-state index contributed by atoms with van der Waals surface area (Å²) in [5.74, 6) is 1.31. The van der Waals surface area contributed by atoms with E-state index in [0.717, 1.165) is 5.56 Å². The molecule has 0 aliphatic carbocycles. The number of ether oxygens (including phenoxy) is 3. The standard InChI is InChI=1S/C19H22O6/c1-23-18-11-14(6-7-15(18)21)16(22)12-25-17-8-5-13(4-3-9-20)10-19(17)24-2/h3-8,10-11,16,20-22H,9,12H2,1-2H3/b4-3+. The summed E-state index contributed by atoms with van der Waals surface area (Å²) < 4.78 is 16.0. The average molecular weight is 346 g/mol. The lowest BCUT2D eigenvalue weighted by atomic mass is 10.1. The van der Waals surface area contributed by atoms with Crippen LogP contribution in [0, 0.1) is 0 Å². The molecule has 0 heterocycles. The molecule has 1 atom stereocenters. The molecule has 2 rings (SSSR count). The van der Waals surface area contributed by atoms with Crippen molar-refractivity contribution in [3.63, 3.8) is 0 Å². The second kappa shape index (κ2) is 8.96. The summed E-state index contributed by atoms with van der Waals surface area (Å²) in [7, 11) is 2.97. The van der Waals surface area contributed by atoms with Gasteiger partial charge in [0.05, 0.1) is 20.8 Å². The topological polar surface area (TPSA) is 88.4 Å². The second-order valence-corrected chi connectivity index (χ2v) is 5.25. The van der Waals surface area contributed by atoms with E-state index in [2.05, 4.69) is 0 Å². The van der Waals surface area contributed by atoms with Crippen LogP contribution in [0.15, 0.2) is 42.5 Å². The molecule has 0 amide bonds. The van der Waals surface area contributed by atoms with Gasteiger partial charge >= 0.3 is 0 Å². The number of phenolic OH excluding ortho intramolecular Hbond substituents is 1. The van der Waals surface area contributed by atoms with Crippen molar-refractivity contribution in [2.45, 2.75) is 6.10 Å². The average Bonchev–Trinajstić information content (AvgIpc) is 2.64. The molecule has 0 saturated heterocycles. The van der Waals surface area contributed by atoms with Crippen molar-refractivity contribution >= 4 is 6.08 Å². The molecule has 0 aromatic heterocycles. The van der Waals surface area contributed by atoms with E-state index in [1.54, 1.807) is 36.4 Å². The van der Waals surface area contributed by atoms with Crippen LogP contribution >= 0.6 is 0 Å². The molecule has 134 valence electrons. The molecule has 0 spiro atoms. The molecule has 6 heteroatoms. The number of phenols is 1. The van der Waals surface area contributed by atoms with E-state index in [4.69, 9.17) is 19.3 Å². The van der Waals surface area contributed by atoms with Gasteiger partial charge in [-0.1, -0.05) is 24.3 Å². The van der Waals surface area contributed by atoms with Gasteiger partial charge in [0.25, 0.3) is 0 Å². The third kappa shape index (κ3) is 4.89.